The first kappa shape index (κ1) is 16.6. The van der Waals surface area contributed by atoms with Gasteiger partial charge in [-0.3, -0.25) is 4.79 Å². The van der Waals surface area contributed by atoms with Gasteiger partial charge in [0.25, 0.3) is 0 Å². The Labute approximate surface area is 146 Å². The number of rotatable bonds is 5. The van der Waals surface area contributed by atoms with Gasteiger partial charge in [0.05, 0.1) is 29.5 Å². The first-order valence-corrected chi connectivity index (χ1v) is 9.26. The number of aromatic amines is 1. The van der Waals surface area contributed by atoms with Crippen LogP contribution in [0.15, 0.2) is 36.5 Å². The molecule has 1 saturated heterocycles. The van der Waals surface area contributed by atoms with Gasteiger partial charge in [-0.15, -0.1) is 11.8 Å². The Hall–Kier alpha value is -2.26. The van der Waals surface area contributed by atoms with Crippen molar-refractivity contribution in [2.45, 2.75) is 18.8 Å². The number of thioether (sulfide) groups is 1. The third-order valence-corrected chi connectivity index (χ3v) is 5.02. The Morgan fingerprint density at radius 1 is 1.42 bits per heavy atom. The number of imidazole rings is 1. The van der Waals surface area contributed by atoms with Gasteiger partial charge in [0.2, 0.25) is 5.91 Å². The maximum atomic E-state index is 12.2. The molecule has 1 fully saturated rings. The Kier molecular flexibility index (Phi) is 5.55. The number of likely N-dealkylation sites (tertiary alicyclic amines) is 1. The van der Waals surface area contributed by atoms with Gasteiger partial charge in [0.1, 0.15) is 5.82 Å². The number of carbonyl (C=O) groups is 1. The number of nitriles is 1. The summed E-state index contributed by atoms with van der Waals surface area (Å²) in [7, 11) is 0. The molecular weight excluding hydrogens is 320 g/mol. The molecule has 124 valence electrons. The van der Waals surface area contributed by atoms with Gasteiger partial charge in [-0.2, -0.15) is 5.26 Å². The molecule has 1 aliphatic heterocycles. The maximum absolute atomic E-state index is 12.2. The summed E-state index contributed by atoms with van der Waals surface area (Å²) in [6.45, 7) is 1.50. The predicted octanol–water partition coefficient (Wildman–Crippen LogP) is 3.04. The van der Waals surface area contributed by atoms with E-state index in [4.69, 9.17) is 5.26 Å². The van der Waals surface area contributed by atoms with E-state index >= 15 is 0 Å². The molecule has 1 amide bonds. The fourth-order valence-corrected chi connectivity index (χ4v) is 3.56. The summed E-state index contributed by atoms with van der Waals surface area (Å²) in [5.74, 6) is 2.07. The molecule has 0 saturated carbocycles. The summed E-state index contributed by atoms with van der Waals surface area (Å²) in [6.07, 6.45) is 3.89. The van der Waals surface area contributed by atoms with Gasteiger partial charge < -0.3 is 9.88 Å². The van der Waals surface area contributed by atoms with Crippen molar-refractivity contribution >= 4 is 17.7 Å². The third-order valence-electron chi connectivity index (χ3n) is 4.23. The summed E-state index contributed by atoms with van der Waals surface area (Å²) in [4.78, 5) is 22.1. The predicted molar refractivity (Wildman–Crippen MR) is 95.5 cm³/mol. The topological polar surface area (TPSA) is 72.8 Å². The lowest BCUT2D eigenvalue weighted by atomic mass is 9.97. The highest BCUT2D eigenvalue weighted by Gasteiger charge is 2.26. The zero-order valence-corrected chi connectivity index (χ0v) is 14.3. The van der Waals surface area contributed by atoms with Crippen LogP contribution in [0.1, 0.15) is 24.6 Å². The van der Waals surface area contributed by atoms with E-state index in [1.165, 1.54) is 11.8 Å². The fraction of sp³-hybridized carbons (Fsp3) is 0.389. The summed E-state index contributed by atoms with van der Waals surface area (Å²) < 4.78 is 0. The Balaban J connectivity index is 1.64. The van der Waals surface area contributed by atoms with E-state index in [9.17, 15) is 4.79 Å². The first-order valence-electron chi connectivity index (χ1n) is 8.10. The average Bonchev–Trinajstić information content (AvgIpc) is 3.13. The molecular formula is C18H20N4OS. The third kappa shape index (κ3) is 3.98. The molecule has 1 aliphatic rings. The normalized spacial score (nSPS) is 17.5. The second kappa shape index (κ2) is 8.02. The van der Waals surface area contributed by atoms with Crippen LogP contribution in [0.2, 0.25) is 0 Å². The van der Waals surface area contributed by atoms with E-state index in [0.717, 1.165) is 36.5 Å². The molecule has 2 heterocycles. The Morgan fingerprint density at radius 3 is 3.04 bits per heavy atom. The number of hydrogen-bond donors (Lipinski definition) is 1. The van der Waals surface area contributed by atoms with E-state index in [1.807, 2.05) is 29.3 Å². The second-order valence-electron chi connectivity index (χ2n) is 5.88. The monoisotopic (exact) mass is 340 g/mol. The number of aromatic nitrogens is 2. The van der Waals surface area contributed by atoms with Crippen LogP contribution in [0.25, 0.3) is 11.3 Å². The number of carbonyl (C=O) groups excluding carboxylic acids is 1. The van der Waals surface area contributed by atoms with E-state index in [-0.39, 0.29) is 11.8 Å². The summed E-state index contributed by atoms with van der Waals surface area (Å²) in [5.41, 5.74) is 2.13. The van der Waals surface area contributed by atoms with Crippen LogP contribution in [0.5, 0.6) is 0 Å². The Morgan fingerprint density at radius 2 is 2.25 bits per heavy atom. The van der Waals surface area contributed by atoms with Crippen LogP contribution in [-0.2, 0) is 4.79 Å². The molecule has 1 aromatic heterocycles. The largest absolute Gasteiger partial charge is 0.342 e. The summed E-state index contributed by atoms with van der Waals surface area (Å²) >= 11 is 1.38. The number of hydrogen-bond acceptors (Lipinski definition) is 4. The van der Waals surface area contributed by atoms with Crippen molar-refractivity contribution in [3.05, 3.63) is 42.4 Å². The minimum atomic E-state index is 0.120. The zero-order valence-electron chi connectivity index (χ0n) is 13.4. The van der Waals surface area contributed by atoms with Crippen LogP contribution in [0.3, 0.4) is 0 Å². The number of benzene rings is 1. The maximum Gasteiger partial charge on any atom is 0.232 e. The summed E-state index contributed by atoms with van der Waals surface area (Å²) in [6, 6.07) is 12.2. The van der Waals surface area contributed by atoms with Gasteiger partial charge in [-0.1, -0.05) is 30.3 Å². The molecule has 0 bridgehead atoms. The fourth-order valence-electron chi connectivity index (χ4n) is 3.01. The zero-order chi connectivity index (χ0) is 16.8. The molecule has 24 heavy (non-hydrogen) atoms. The van der Waals surface area contributed by atoms with Crippen LogP contribution in [0.4, 0.5) is 0 Å². The quantitative estimate of drug-likeness (QED) is 0.849. The highest BCUT2D eigenvalue weighted by atomic mass is 32.2. The lowest BCUT2D eigenvalue weighted by Gasteiger charge is -2.31. The molecule has 3 rings (SSSR count). The molecule has 1 aromatic carbocycles. The standard InChI is InChI=1S/C18H20N4OS/c19-8-10-24-13-17(23)22-9-4-7-15(12-22)18-20-11-16(21-18)14-5-2-1-3-6-14/h1-3,5-6,11,15H,4,7,9-10,12-13H2,(H,20,21). The van der Waals surface area contributed by atoms with Crippen molar-refractivity contribution in [2.75, 3.05) is 24.6 Å². The van der Waals surface area contributed by atoms with E-state index in [2.05, 4.69) is 28.2 Å². The van der Waals surface area contributed by atoms with Crippen LogP contribution in [-0.4, -0.2) is 45.4 Å². The van der Waals surface area contributed by atoms with Gasteiger partial charge >= 0.3 is 0 Å². The molecule has 0 radical (unpaired) electrons. The number of amides is 1. The first-order chi connectivity index (χ1) is 11.8. The number of nitrogens with zero attached hydrogens (tertiary/aromatic N) is 3. The van der Waals surface area contributed by atoms with Crippen LogP contribution >= 0.6 is 11.8 Å². The SMILES string of the molecule is N#CCSCC(=O)N1CCCC(c2ncc(-c3ccccc3)[nH]2)C1. The van der Waals surface area contributed by atoms with Gasteiger partial charge in [0.15, 0.2) is 0 Å². The van der Waals surface area contributed by atoms with E-state index in [1.54, 1.807) is 0 Å². The van der Waals surface area contributed by atoms with Crippen molar-refractivity contribution in [3.63, 3.8) is 0 Å². The number of nitrogens with one attached hydrogen (secondary N) is 1. The lowest BCUT2D eigenvalue weighted by Crippen LogP contribution is -2.40. The average molecular weight is 340 g/mol. The molecule has 1 N–H and O–H groups in total. The van der Waals surface area contributed by atoms with E-state index in [0.29, 0.717) is 18.1 Å². The molecule has 2 aromatic rings. The number of piperidine rings is 1. The molecule has 1 unspecified atom stereocenters. The molecule has 0 spiro atoms. The molecule has 1 atom stereocenters. The van der Waals surface area contributed by atoms with Crippen molar-refractivity contribution in [1.29, 1.82) is 5.26 Å². The van der Waals surface area contributed by atoms with Crippen LogP contribution < -0.4 is 0 Å². The van der Waals surface area contributed by atoms with Gasteiger partial charge in [-0.05, 0) is 18.4 Å². The highest BCUT2D eigenvalue weighted by molar-refractivity contribution is 8.00. The van der Waals surface area contributed by atoms with Crippen molar-refractivity contribution in [1.82, 2.24) is 14.9 Å². The summed E-state index contributed by atoms with van der Waals surface area (Å²) in [5, 5.41) is 8.57. The van der Waals surface area contributed by atoms with E-state index < -0.39 is 0 Å². The highest BCUT2D eigenvalue weighted by Crippen LogP contribution is 2.27. The molecule has 0 aliphatic carbocycles. The number of H-pyrrole nitrogens is 1. The molecule has 5 nitrogen and oxygen atoms in total. The Bertz CT molecular complexity index is 722. The van der Waals surface area contributed by atoms with Crippen molar-refractivity contribution in [3.8, 4) is 17.3 Å². The van der Waals surface area contributed by atoms with Crippen molar-refractivity contribution in [2.24, 2.45) is 0 Å². The van der Waals surface area contributed by atoms with Crippen LogP contribution in [0, 0.1) is 11.3 Å². The molecule has 6 heteroatoms. The minimum absolute atomic E-state index is 0.120. The lowest BCUT2D eigenvalue weighted by molar-refractivity contribution is -0.129. The second-order valence-corrected chi connectivity index (χ2v) is 6.86. The minimum Gasteiger partial charge on any atom is -0.342 e. The van der Waals surface area contributed by atoms with Crippen molar-refractivity contribution < 1.29 is 4.79 Å². The van der Waals surface area contributed by atoms with Gasteiger partial charge in [-0.25, -0.2) is 4.98 Å². The smallest absolute Gasteiger partial charge is 0.232 e. The van der Waals surface area contributed by atoms with Gasteiger partial charge in [0, 0.05) is 19.0 Å².